The number of nitrogens with two attached hydrogens (primary N) is 1. The summed E-state index contributed by atoms with van der Waals surface area (Å²) in [6.45, 7) is 4.02. The molecule has 0 aromatic rings. The number of halogens is 5. The maximum absolute atomic E-state index is 12.8. The minimum absolute atomic E-state index is 0.303. The third-order valence-electron chi connectivity index (χ3n) is 3.11. The van der Waals surface area contributed by atoms with Gasteiger partial charge in [-0.1, -0.05) is 46.0 Å². The van der Waals surface area contributed by atoms with Crippen molar-refractivity contribution in [2.45, 2.75) is 70.5 Å². The van der Waals surface area contributed by atoms with E-state index in [9.17, 15) is 22.0 Å². The maximum Gasteiger partial charge on any atom is 0.454 e. The first-order valence-corrected chi connectivity index (χ1v) is 6.33. The first-order chi connectivity index (χ1) is 8.13. The van der Waals surface area contributed by atoms with Gasteiger partial charge in [0.2, 0.25) is 0 Å². The highest BCUT2D eigenvalue weighted by Gasteiger charge is 2.60. The first kappa shape index (κ1) is 17.6. The van der Waals surface area contributed by atoms with Gasteiger partial charge >= 0.3 is 12.1 Å². The van der Waals surface area contributed by atoms with Crippen LogP contribution in [0.25, 0.3) is 0 Å². The lowest BCUT2D eigenvalue weighted by Crippen LogP contribution is -2.51. The summed E-state index contributed by atoms with van der Waals surface area (Å²) in [5, 5.41) is 0. The lowest BCUT2D eigenvalue weighted by atomic mass is 9.95. The summed E-state index contributed by atoms with van der Waals surface area (Å²) >= 11 is 0. The molecule has 0 amide bonds. The molecule has 18 heavy (non-hydrogen) atoms. The third kappa shape index (κ3) is 5.50. The van der Waals surface area contributed by atoms with E-state index >= 15 is 0 Å². The molecule has 0 fully saturated rings. The Balaban J connectivity index is 4.00. The van der Waals surface area contributed by atoms with E-state index in [0.29, 0.717) is 18.8 Å². The summed E-state index contributed by atoms with van der Waals surface area (Å²) in [5.74, 6) is -4.45. The van der Waals surface area contributed by atoms with Crippen molar-refractivity contribution in [1.29, 1.82) is 0 Å². The number of hydrogen-bond donors (Lipinski definition) is 1. The maximum atomic E-state index is 12.8. The molecule has 110 valence electrons. The largest absolute Gasteiger partial charge is 0.454 e. The fourth-order valence-corrected chi connectivity index (χ4v) is 1.77. The quantitative estimate of drug-likeness (QED) is 0.648. The van der Waals surface area contributed by atoms with E-state index in [1.54, 1.807) is 0 Å². The third-order valence-corrected chi connectivity index (χ3v) is 3.11. The van der Waals surface area contributed by atoms with E-state index in [-0.39, 0.29) is 6.42 Å². The second-order valence-corrected chi connectivity index (χ2v) is 4.91. The van der Waals surface area contributed by atoms with Crippen molar-refractivity contribution in [2.24, 2.45) is 11.7 Å². The van der Waals surface area contributed by atoms with Crippen molar-refractivity contribution in [3.05, 3.63) is 0 Å². The topological polar surface area (TPSA) is 26.0 Å². The SMILES string of the molecule is CCCCC(C)CCCC(N)C(F)(F)C(F)(F)F. The van der Waals surface area contributed by atoms with Crippen LogP contribution in [-0.4, -0.2) is 18.1 Å². The Kier molecular flexibility index (Phi) is 7.10. The Morgan fingerprint density at radius 3 is 1.89 bits per heavy atom. The van der Waals surface area contributed by atoms with Gasteiger partial charge in [-0.3, -0.25) is 0 Å². The van der Waals surface area contributed by atoms with E-state index in [4.69, 9.17) is 5.73 Å². The average molecular weight is 275 g/mol. The molecule has 2 N–H and O–H groups in total. The van der Waals surface area contributed by atoms with Crippen LogP contribution >= 0.6 is 0 Å². The van der Waals surface area contributed by atoms with Gasteiger partial charge in [-0.2, -0.15) is 22.0 Å². The Morgan fingerprint density at radius 2 is 1.44 bits per heavy atom. The second-order valence-electron chi connectivity index (χ2n) is 4.91. The summed E-state index contributed by atoms with van der Waals surface area (Å²) in [7, 11) is 0. The van der Waals surface area contributed by atoms with Gasteiger partial charge in [-0.15, -0.1) is 0 Å². The van der Waals surface area contributed by atoms with Crippen molar-refractivity contribution in [2.75, 3.05) is 0 Å². The number of hydrogen-bond acceptors (Lipinski definition) is 1. The molecule has 0 aliphatic carbocycles. The molecule has 1 nitrogen and oxygen atoms in total. The molecule has 2 atom stereocenters. The van der Waals surface area contributed by atoms with Gasteiger partial charge in [0, 0.05) is 0 Å². The molecule has 0 radical (unpaired) electrons. The monoisotopic (exact) mass is 275 g/mol. The fraction of sp³-hybridized carbons (Fsp3) is 1.00. The van der Waals surface area contributed by atoms with E-state index in [1.165, 1.54) is 0 Å². The molecule has 0 bridgehead atoms. The molecule has 0 heterocycles. The van der Waals surface area contributed by atoms with Gasteiger partial charge in [0.15, 0.2) is 0 Å². The predicted octanol–water partition coefficient (Wildman–Crippen LogP) is 4.51. The van der Waals surface area contributed by atoms with E-state index in [2.05, 4.69) is 0 Å². The van der Waals surface area contributed by atoms with Crippen molar-refractivity contribution in [3.8, 4) is 0 Å². The molecule has 0 rings (SSSR count). The van der Waals surface area contributed by atoms with Gasteiger partial charge in [-0.25, -0.2) is 0 Å². The Labute approximate surface area is 105 Å². The molecule has 0 saturated carbocycles. The minimum Gasteiger partial charge on any atom is -0.322 e. The van der Waals surface area contributed by atoms with Crippen LogP contribution in [0.2, 0.25) is 0 Å². The molecule has 0 aromatic carbocycles. The number of rotatable bonds is 8. The van der Waals surface area contributed by atoms with Gasteiger partial charge in [-0.05, 0) is 12.3 Å². The highest BCUT2D eigenvalue weighted by Crippen LogP contribution is 2.38. The molecule has 0 aromatic heterocycles. The zero-order chi connectivity index (χ0) is 14.4. The van der Waals surface area contributed by atoms with Crippen LogP contribution in [0.15, 0.2) is 0 Å². The summed E-state index contributed by atoms with van der Waals surface area (Å²) in [6, 6.07) is -2.14. The zero-order valence-corrected chi connectivity index (χ0v) is 10.9. The first-order valence-electron chi connectivity index (χ1n) is 6.33. The van der Waals surface area contributed by atoms with Crippen LogP contribution < -0.4 is 5.73 Å². The summed E-state index contributed by atoms with van der Waals surface area (Å²) in [5.41, 5.74) is 4.95. The van der Waals surface area contributed by atoms with Gasteiger partial charge < -0.3 is 5.73 Å². The zero-order valence-electron chi connectivity index (χ0n) is 10.9. The summed E-state index contributed by atoms with van der Waals surface area (Å²) < 4.78 is 61.6. The van der Waals surface area contributed by atoms with Crippen LogP contribution in [0.3, 0.4) is 0 Å². The van der Waals surface area contributed by atoms with Gasteiger partial charge in [0.05, 0.1) is 6.04 Å². The fourth-order valence-electron chi connectivity index (χ4n) is 1.77. The highest BCUT2D eigenvalue weighted by molar-refractivity contribution is 4.87. The molecular formula is C12H22F5N. The standard InChI is InChI=1S/C12H22F5N/c1-3-4-6-9(2)7-5-8-10(18)11(13,14)12(15,16)17/h9-10H,3-8,18H2,1-2H3. The average Bonchev–Trinajstić information content (AvgIpc) is 2.24. The lowest BCUT2D eigenvalue weighted by Gasteiger charge is -2.25. The van der Waals surface area contributed by atoms with Crippen LogP contribution in [0.1, 0.15) is 52.4 Å². The molecule has 0 saturated heterocycles. The highest BCUT2D eigenvalue weighted by atomic mass is 19.4. The van der Waals surface area contributed by atoms with Crippen LogP contribution in [0, 0.1) is 5.92 Å². The van der Waals surface area contributed by atoms with Crippen molar-refractivity contribution in [1.82, 2.24) is 0 Å². The summed E-state index contributed by atoms with van der Waals surface area (Å²) in [4.78, 5) is 0. The van der Waals surface area contributed by atoms with E-state index in [1.807, 2.05) is 13.8 Å². The molecule has 6 heteroatoms. The van der Waals surface area contributed by atoms with E-state index in [0.717, 1.165) is 19.3 Å². The molecule has 0 aliphatic heterocycles. The lowest BCUT2D eigenvalue weighted by molar-refractivity contribution is -0.290. The Hall–Kier alpha value is -0.390. The van der Waals surface area contributed by atoms with E-state index < -0.39 is 18.1 Å². The van der Waals surface area contributed by atoms with Crippen LogP contribution in [0.4, 0.5) is 22.0 Å². The Morgan fingerprint density at radius 1 is 0.944 bits per heavy atom. The number of unbranched alkanes of at least 4 members (excludes halogenated alkanes) is 1. The minimum atomic E-state index is -5.56. The van der Waals surface area contributed by atoms with Gasteiger partial charge in [0.1, 0.15) is 0 Å². The molecular weight excluding hydrogens is 253 g/mol. The van der Waals surface area contributed by atoms with Crippen molar-refractivity contribution in [3.63, 3.8) is 0 Å². The number of alkyl halides is 5. The summed E-state index contributed by atoms with van der Waals surface area (Å²) in [6.07, 6.45) is -1.84. The van der Waals surface area contributed by atoms with Crippen molar-refractivity contribution >= 4 is 0 Å². The van der Waals surface area contributed by atoms with Crippen LogP contribution in [0.5, 0.6) is 0 Å². The second kappa shape index (κ2) is 7.26. The smallest absolute Gasteiger partial charge is 0.322 e. The predicted molar refractivity (Wildman–Crippen MR) is 61.5 cm³/mol. The molecule has 0 spiro atoms. The Bertz CT molecular complexity index is 227. The normalized spacial score (nSPS) is 16.7. The van der Waals surface area contributed by atoms with Crippen LogP contribution in [-0.2, 0) is 0 Å². The van der Waals surface area contributed by atoms with Crippen molar-refractivity contribution < 1.29 is 22.0 Å². The molecule has 2 unspecified atom stereocenters. The van der Waals surface area contributed by atoms with Gasteiger partial charge in [0.25, 0.3) is 0 Å². The molecule has 0 aliphatic rings.